The predicted octanol–water partition coefficient (Wildman–Crippen LogP) is -0.911. The maximum absolute atomic E-state index is 5.35. The van der Waals surface area contributed by atoms with Crippen LogP contribution in [-0.4, -0.2) is 49.4 Å². The summed E-state index contributed by atoms with van der Waals surface area (Å²) in [5.74, 6) is 0. The van der Waals surface area contributed by atoms with E-state index in [4.69, 9.17) is 24.7 Å². The predicted molar refractivity (Wildman–Crippen MR) is 61.3 cm³/mol. The average Bonchev–Trinajstić information content (AvgIpc) is 2.27. The van der Waals surface area contributed by atoms with Gasteiger partial charge in [0.05, 0.1) is 6.73 Å². The lowest BCUT2D eigenvalue weighted by Crippen LogP contribution is -2.45. The lowest BCUT2D eigenvalue weighted by molar-refractivity contribution is 0.100. The van der Waals surface area contributed by atoms with E-state index in [0.717, 1.165) is 25.6 Å². The Balaban J connectivity index is 3.74. The standard InChI is InChI=1S/C8H23N3O3Si/c1-12-15(13-2,14-8-10)7-3-5-11-6-4-9/h11H,3-10H2,1-2H3. The van der Waals surface area contributed by atoms with Crippen LogP contribution in [0.15, 0.2) is 0 Å². The molecule has 0 aliphatic rings. The zero-order valence-electron chi connectivity index (χ0n) is 9.62. The van der Waals surface area contributed by atoms with Crippen LogP contribution in [0.1, 0.15) is 6.42 Å². The SMILES string of the molecule is CO[Si](CCCNCCN)(OC)OCN. The summed E-state index contributed by atoms with van der Waals surface area (Å²) in [4.78, 5) is 0. The lowest BCUT2D eigenvalue weighted by Gasteiger charge is -2.25. The fourth-order valence-corrected chi connectivity index (χ4v) is 3.08. The Morgan fingerprint density at radius 3 is 2.27 bits per heavy atom. The molecule has 0 fully saturated rings. The van der Waals surface area contributed by atoms with E-state index >= 15 is 0 Å². The summed E-state index contributed by atoms with van der Waals surface area (Å²) >= 11 is 0. The Kier molecular flexibility index (Phi) is 9.21. The van der Waals surface area contributed by atoms with Crippen molar-refractivity contribution in [2.75, 3.05) is 40.6 Å². The van der Waals surface area contributed by atoms with E-state index in [9.17, 15) is 0 Å². The maximum atomic E-state index is 5.35. The van der Waals surface area contributed by atoms with Gasteiger partial charge in [0, 0.05) is 33.4 Å². The van der Waals surface area contributed by atoms with Gasteiger partial charge in [-0.1, -0.05) is 0 Å². The quantitative estimate of drug-likeness (QED) is 0.259. The van der Waals surface area contributed by atoms with Crippen molar-refractivity contribution >= 4 is 8.80 Å². The number of hydrogen-bond acceptors (Lipinski definition) is 6. The number of nitrogens with two attached hydrogens (primary N) is 2. The van der Waals surface area contributed by atoms with Gasteiger partial charge in [0.15, 0.2) is 0 Å². The summed E-state index contributed by atoms with van der Waals surface area (Å²) in [7, 11) is 0.692. The van der Waals surface area contributed by atoms with Crippen LogP contribution in [0.2, 0.25) is 6.04 Å². The number of nitrogens with one attached hydrogen (secondary N) is 1. The molecule has 0 aliphatic heterocycles. The fourth-order valence-electron chi connectivity index (χ4n) is 1.26. The third kappa shape index (κ3) is 6.20. The van der Waals surface area contributed by atoms with Crippen molar-refractivity contribution in [3.8, 4) is 0 Å². The van der Waals surface area contributed by atoms with E-state index in [0.29, 0.717) is 6.54 Å². The van der Waals surface area contributed by atoms with Crippen molar-refractivity contribution in [2.24, 2.45) is 11.5 Å². The van der Waals surface area contributed by atoms with Crippen molar-refractivity contribution in [2.45, 2.75) is 12.5 Å². The molecule has 15 heavy (non-hydrogen) atoms. The zero-order chi connectivity index (χ0) is 11.6. The van der Waals surface area contributed by atoms with Gasteiger partial charge in [-0.25, -0.2) is 0 Å². The van der Waals surface area contributed by atoms with Crippen LogP contribution in [0.4, 0.5) is 0 Å². The number of hydrogen-bond donors (Lipinski definition) is 3. The molecule has 0 heterocycles. The molecule has 0 radical (unpaired) electrons. The van der Waals surface area contributed by atoms with Crippen molar-refractivity contribution in [1.29, 1.82) is 0 Å². The molecule has 0 aromatic heterocycles. The molecule has 0 spiro atoms. The monoisotopic (exact) mass is 237 g/mol. The largest absolute Gasteiger partial charge is 0.501 e. The minimum Gasteiger partial charge on any atom is -0.377 e. The first-order chi connectivity index (χ1) is 7.24. The first-order valence-electron chi connectivity index (χ1n) is 5.09. The van der Waals surface area contributed by atoms with Gasteiger partial charge < -0.3 is 30.1 Å². The van der Waals surface area contributed by atoms with Crippen molar-refractivity contribution in [3.05, 3.63) is 0 Å². The third-order valence-corrected chi connectivity index (χ3v) is 4.90. The molecule has 92 valence electrons. The molecular formula is C8H23N3O3Si. The topological polar surface area (TPSA) is 91.8 Å². The van der Waals surface area contributed by atoms with Crippen LogP contribution in [-0.2, 0) is 13.3 Å². The summed E-state index contributed by atoms with van der Waals surface area (Å²) in [5, 5.41) is 3.20. The van der Waals surface area contributed by atoms with Crippen molar-refractivity contribution in [1.82, 2.24) is 5.32 Å². The molecule has 5 N–H and O–H groups in total. The summed E-state index contributed by atoms with van der Waals surface area (Å²) in [6, 6.07) is 0.759. The molecule has 7 heteroatoms. The Morgan fingerprint density at radius 2 is 1.80 bits per heavy atom. The summed E-state index contributed by atoms with van der Waals surface area (Å²) in [6.45, 7) is 2.49. The Hall–Kier alpha value is -0.0231. The Bertz CT molecular complexity index is 147. The second-order valence-electron chi connectivity index (χ2n) is 3.04. The molecular weight excluding hydrogens is 214 g/mol. The highest BCUT2D eigenvalue weighted by atomic mass is 28.4. The molecule has 0 aromatic carbocycles. The third-order valence-electron chi connectivity index (χ3n) is 2.08. The zero-order valence-corrected chi connectivity index (χ0v) is 10.6. The van der Waals surface area contributed by atoms with Gasteiger partial charge in [0.2, 0.25) is 0 Å². The van der Waals surface area contributed by atoms with Gasteiger partial charge in [0.1, 0.15) is 0 Å². The summed E-state index contributed by atoms with van der Waals surface area (Å²) in [6.07, 6.45) is 0.925. The van der Waals surface area contributed by atoms with E-state index in [2.05, 4.69) is 5.32 Å². The second kappa shape index (κ2) is 9.22. The highest BCUT2D eigenvalue weighted by Gasteiger charge is 2.37. The van der Waals surface area contributed by atoms with Crippen LogP contribution in [0.5, 0.6) is 0 Å². The fraction of sp³-hybridized carbons (Fsp3) is 1.00. The van der Waals surface area contributed by atoms with Gasteiger partial charge >= 0.3 is 8.80 Å². The van der Waals surface area contributed by atoms with E-state index in [1.165, 1.54) is 0 Å². The van der Waals surface area contributed by atoms with Crippen LogP contribution >= 0.6 is 0 Å². The molecule has 0 saturated heterocycles. The molecule has 0 unspecified atom stereocenters. The maximum Gasteiger partial charge on any atom is 0.501 e. The van der Waals surface area contributed by atoms with E-state index in [1.54, 1.807) is 14.2 Å². The van der Waals surface area contributed by atoms with Crippen molar-refractivity contribution in [3.63, 3.8) is 0 Å². The Labute approximate surface area is 92.6 Å². The summed E-state index contributed by atoms with van der Waals surface area (Å²) < 4.78 is 15.9. The Morgan fingerprint density at radius 1 is 1.13 bits per heavy atom. The number of rotatable bonds is 10. The normalized spacial score (nSPS) is 12.0. The molecule has 0 rings (SSSR count). The van der Waals surface area contributed by atoms with Gasteiger partial charge in [-0.3, -0.25) is 0 Å². The lowest BCUT2D eigenvalue weighted by atomic mass is 10.5. The van der Waals surface area contributed by atoms with Crippen LogP contribution in [0.3, 0.4) is 0 Å². The van der Waals surface area contributed by atoms with E-state index < -0.39 is 8.80 Å². The van der Waals surface area contributed by atoms with Crippen LogP contribution < -0.4 is 16.8 Å². The van der Waals surface area contributed by atoms with Crippen LogP contribution in [0, 0.1) is 0 Å². The minimum atomic E-state index is -2.50. The average molecular weight is 237 g/mol. The second-order valence-corrected chi connectivity index (χ2v) is 6.02. The molecule has 6 nitrogen and oxygen atoms in total. The molecule has 0 atom stereocenters. The van der Waals surface area contributed by atoms with Gasteiger partial charge in [-0.2, -0.15) is 0 Å². The van der Waals surface area contributed by atoms with Gasteiger partial charge in [-0.15, -0.1) is 0 Å². The summed E-state index contributed by atoms with van der Waals surface area (Å²) in [5.41, 5.74) is 10.7. The smallest absolute Gasteiger partial charge is 0.377 e. The van der Waals surface area contributed by atoms with E-state index in [1.807, 2.05) is 0 Å². The van der Waals surface area contributed by atoms with Gasteiger partial charge in [-0.05, 0) is 13.0 Å². The molecule has 0 amide bonds. The molecule has 0 aliphatic carbocycles. The molecule has 0 saturated carbocycles. The minimum absolute atomic E-state index is 0.129. The first kappa shape index (κ1) is 15.0. The van der Waals surface area contributed by atoms with E-state index in [-0.39, 0.29) is 6.73 Å². The molecule has 0 aromatic rings. The van der Waals surface area contributed by atoms with Crippen LogP contribution in [0.25, 0.3) is 0 Å². The molecule has 0 bridgehead atoms. The van der Waals surface area contributed by atoms with Gasteiger partial charge in [0.25, 0.3) is 0 Å². The highest BCUT2D eigenvalue weighted by Crippen LogP contribution is 2.14. The first-order valence-corrected chi connectivity index (χ1v) is 7.03. The highest BCUT2D eigenvalue weighted by molar-refractivity contribution is 6.60. The van der Waals surface area contributed by atoms with Crippen molar-refractivity contribution < 1.29 is 13.3 Å².